The summed E-state index contributed by atoms with van der Waals surface area (Å²) < 4.78 is 4.37. The van der Waals surface area contributed by atoms with Crippen molar-refractivity contribution < 1.29 is 4.79 Å². The molecule has 1 fully saturated rings. The molecule has 1 aliphatic heterocycles. The number of carbonyl (C=O) groups excluding carboxylic acids is 1. The molecule has 1 aliphatic rings. The van der Waals surface area contributed by atoms with Crippen LogP contribution in [-0.4, -0.2) is 49.0 Å². The summed E-state index contributed by atoms with van der Waals surface area (Å²) in [5.74, 6) is 2.22. The first-order valence-corrected chi connectivity index (χ1v) is 11.5. The topological polar surface area (TPSA) is 56.0 Å². The lowest BCUT2D eigenvalue weighted by molar-refractivity contribution is -0.129. The molecule has 0 N–H and O–H groups in total. The van der Waals surface area contributed by atoms with Crippen LogP contribution >= 0.6 is 11.8 Å². The number of rotatable bonds is 6. The zero-order valence-corrected chi connectivity index (χ0v) is 18.3. The molecule has 29 heavy (non-hydrogen) atoms. The van der Waals surface area contributed by atoms with Crippen molar-refractivity contribution >= 4 is 28.6 Å². The number of fused-ring (bicyclic) bond motifs is 1. The molecule has 4 rings (SSSR count). The van der Waals surface area contributed by atoms with E-state index in [0.717, 1.165) is 61.5 Å². The van der Waals surface area contributed by atoms with E-state index in [1.54, 1.807) is 0 Å². The highest BCUT2D eigenvalue weighted by Gasteiger charge is 2.22. The van der Waals surface area contributed by atoms with Gasteiger partial charge in [-0.1, -0.05) is 36.9 Å². The number of para-hydroxylation sites is 1. The number of carbonyl (C=O) groups is 1. The number of benzene rings is 1. The van der Waals surface area contributed by atoms with Crippen LogP contribution in [0.25, 0.3) is 22.3 Å². The maximum atomic E-state index is 12.6. The van der Waals surface area contributed by atoms with Crippen LogP contribution in [0.5, 0.6) is 0 Å². The Morgan fingerprint density at radius 3 is 2.62 bits per heavy atom. The van der Waals surface area contributed by atoms with Crippen LogP contribution in [0, 0.1) is 5.92 Å². The van der Waals surface area contributed by atoms with Gasteiger partial charge in [-0.25, -0.2) is 0 Å². The molecule has 1 aromatic carbocycles. The van der Waals surface area contributed by atoms with Crippen LogP contribution in [0.4, 0.5) is 0 Å². The normalized spacial score (nSPS) is 15.3. The second kappa shape index (κ2) is 8.61. The number of hydrogen-bond acceptors (Lipinski definition) is 4. The highest BCUT2D eigenvalue weighted by molar-refractivity contribution is 7.99. The molecule has 0 radical (unpaired) electrons. The smallest absolute Gasteiger partial charge is 0.233 e. The van der Waals surface area contributed by atoms with E-state index in [1.165, 1.54) is 22.7 Å². The van der Waals surface area contributed by atoms with Gasteiger partial charge in [0.2, 0.25) is 5.91 Å². The fraction of sp³-hybridized carbons (Fsp3) is 0.500. The lowest BCUT2D eigenvalue weighted by atomic mass is 9.99. The van der Waals surface area contributed by atoms with Gasteiger partial charge in [0.25, 0.3) is 0 Å². The summed E-state index contributed by atoms with van der Waals surface area (Å²) in [6.45, 7) is 9.94. The van der Waals surface area contributed by atoms with Crippen molar-refractivity contribution in [2.45, 2.75) is 51.9 Å². The Hall–Kier alpha value is -2.28. The Morgan fingerprint density at radius 2 is 1.90 bits per heavy atom. The summed E-state index contributed by atoms with van der Waals surface area (Å²) in [5.41, 5.74) is 2.30. The highest BCUT2D eigenvalue weighted by Crippen LogP contribution is 2.32. The number of piperidine rings is 1. The van der Waals surface area contributed by atoms with Gasteiger partial charge in [-0.15, -0.1) is 10.2 Å². The zero-order valence-electron chi connectivity index (χ0n) is 17.5. The van der Waals surface area contributed by atoms with Crippen molar-refractivity contribution in [1.29, 1.82) is 0 Å². The first kappa shape index (κ1) is 20.0. The van der Waals surface area contributed by atoms with Gasteiger partial charge in [-0.05, 0) is 38.7 Å². The monoisotopic (exact) mass is 411 g/mol. The minimum Gasteiger partial charge on any atom is -0.347 e. The molecule has 1 amide bonds. The predicted molar refractivity (Wildman–Crippen MR) is 118 cm³/mol. The molecule has 0 saturated carbocycles. The quantitative estimate of drug-likeness (QED) is 0.568. The van der Waals surface area contributed by atoms with Crippen LogP contribution in [0.3, 0.4) is 0 Å². The number of aromatic nitrogens is 4. The predicted octanol–water partition coefficient (Wildman–Crippen LogP) is 4.29. The molecule has 154 valence electrons. The number of likely N-dealkylation sites (tertiary alicyclic amines) is 1. The van der Waals surface area contributed by atoms with Crippen LogP contribution in [0.15, 0.2) is 35.6 Å². The fourth-order valence-corrected chi connectivity index (χ4v) is 4.95. The van der Waals surface area contributed by atoms with Crippen molar-refractivity contribution in [3.63, 3.8) is 0 Å². The van der Waals surface area contributed by atoms with E-state index >= 15 is 0 Å². The second-order valence-corrected chi connectivity index (χ2v) is 8.69. The third-order valence-electron chi connectivity index (χ3n) is 5.86. The third kappa shape index (κ3) is 3.92. The van der Waals surface area contributed by atoms with Crippen LogP contribution in [0.2, 0.25) is 0 Å². The molecule has 0 aliphatic carbocycles. The lowest BCUT2D eigenvalue weighted by Crippen LogP contribution is -2.38. The number of hydrogen-bond donors (Lipinski definition) is 0. The lowest BCUT2D eigenvalue weighted by Gasteiger charge is -2.30. The molecule has 0 spiro atoms. The molecule has 0 atom stereocenters. The zero-order chi connectivity index (χ0) is 20.4. The largest absolute Gasteiger partial charge is 0.347 e. The molecular formula is C22H29N5OS. The maximum Gasteiger partial charge on any atom is 0.233 e. The van der Waals surface area contributed by atoms with E-state index in [9.17, 15) is 4.79 Å². The fourth-order valence-electron chi connectivity index (χ4n) is 4.04. The van der Waals surface area contributed by atoms with Gasteiger partial charge >= 0.3 is 0 Å². The molecule has 6 nitrogen and oxygen atoms in total. The second-order valence-electron chi connectivity index (χ2n) is 7.75. The van der Waals surface area contributed by atoms with Gasteiger partial charge < -0.3 is 14.0 Å². The van der Waals surface area contributed by atoms with E-state index in [-0.39, 0.29) is 5.91 Å². The Kier molecular flexibility index (Phi) is 5.94. The summed E-state index contributed by atoms with van der Waals surface area (Å²) >= 11 is 1.50. The standard InChI is InChI=1S/C22H29N5OS/c1-4-25-14-18(17-8-6-7-9-19(17)25)21-23-24-22(27(21)5-2)29-15-20(28)26-12-10-16(3)11-13-26/h6-9,14,16H,4-5,10-13,15H2,1-3H3. The molecule has 2 aromatic heterocycles. The van der Waals surface area contributed by atoms with Gasteiger partial charge in [0.1, 0.15) is 0 Å². The molecule has 0 bridgehead atoms. The van der Waals surface area contributed by atoms with Gasteiger partial charge in [0.15, 0.2) is 11.0 Å². The first-order chi connectivity index (χ1) is 14.1. The molecular weight excluding hydrogens is 382 g/mol. The Morgan fingerprint density at radius 1 is 1.14 bits per heavy atom. The van der Waals surface area contributed by atoms with E-state index in [0.29, 0.717) is 5.75 Å². The van der Waals surface area contributed by atoms with E-state index in [2.05, 4.69) is 70.6 Å². The van der Waals surface area contributed by atoms with Crippen molar-refractivity contribution in [1.82, 2.24) is 24.2 Å². The minimum absolute atomic E-state index is 0.205. The number of thioether (sulfide) groups is 1. The van der Waals surface area contributed by atoms with Crippen LogP contribution in [-0.2, 0) is 17.9 Å². The first-order valence-electron chi connectivity index (χ1n) is 10.5. The van der Waals surface area contributed by atoms with Gasteiger partial charge in [-0.2, -0.15) is 0 Å². The Bertz CT molecular complexity index is 1000. The average Bonchev–Trinajstić information content (AvgIpc) is 3.33. The Balaban J connectivity index is 1.55. The number of aryl methyl sites for hydroxylation is 1. The molecule has 3 aromatic rings. The minimum atomic E-state index is 0.205. The van der Waals surface area contributed by atoms with Crippen molar-refractivity contribution in [3.05, 3.63) is 30.5 Å². The van der Waals surface area contributed by atoms with Crippen molar-refractivity contribution in [2.75, 3.05) is 18.8 Å². The third-order valence-corrected chi connectivity index (χ3v) is 6.82. The maximum absolute atomic E-state index is 12.6. The van der Waals surface area contributed by atoms with Gasteiger partial charge in [0.05, 0.1) is 5.75 Å². The van der Waals surface area contributed by atoms with E-state index in [4.69, 9.17) is 0 Å². The summed E-state index contributed by atoms with van der Waals surface area (Å²) in [6.07, 6.45) is 4.37. The van der Waals surface area contributed by atoms with Gasteiger partial charge in [0, 0.05) is 48.8 Å². The summed E-state index contributed by atoms with van der Waals surface area (Å²) in [6, 6.07) is 8.41. The molecule has 3 heterocycles. The molecule has 1 saturated heterocycles. The van der Waals surface area contributed by atoms with Crippen molar-refractivity contribution in [2.24, 2.45) is 5.92 Å². The summed E-state index contributed by atoms with van der Waals surface area (Å²) in [5, 5.41) is 10.9. The molecule has 7 heteroatoms. The Labute approximate surface area is 176 Å². The average molecular weight is 412 g/mol. The highest BCUT2D eigenvalue weighted by atomic mass is 32.2. The number of nitrogens with zero attached hydrogens (tertiary/aromatic N) is 5. The SMILES string of the molecule is CCn1c(SCC(=O)N2CCC(C)CC2)nnc1-c1cn(CC)c2ccccc12. The number of amides is 1. The van der Waals surface area contributed by atoms with Gasteiger partial charge in [-0.3, -0.25) is 4.79 Å². The van der Waals surface area contributed by atoms with Crippen LogP contribution in [0.1, 0.15) is 33.6 Å². The summed E-state index contributed by atoms with van der Waals surface area (Å²) in [4.78, 5) is 14.6. The summed E-state index contributed by atoms with van der Waals surface area (Å²) in [7, 11) is 0. The van der Waals surface area contributed by atoms with Crippen LogP contribution < -0.4 is 0 Å². The van der Waals surface area contributed by atoms with E-state index < -0.39 is 0 Å². The van der Waals surface area contributed by atoms with E-state index in [1.807, 2.05) is 4.90 Å². The van der Waals surface area contributed by atoms with Crippen molar-refractivity contribution in [3.8, 4) is 11.4 Å². The molecule has 0 unspecified atom stereocenters.